The molecular weight excluding hydrogens is 242 g/mol. The van der Waals surface area contributed by atoms with Gasteiger partial charge in [-0.3, -0.25) is 14.3 Å². The number of nitrogens with two attached hydrogens (primary N) is 1. The minimum atomic E-state index is -0.764. The molecular formula is C9H13N5O2S. The summed E-state index contributed by atoms with van der Waals surface area (Å²) < 4.78 is 1.60. The maximum Gasteiger partial charge on any atom is 0.309 e. The number of aryl methyl sites for hydroxylation is 1. The molecule has 1 rings (SSSR count). The van der Waals surface area contributed by atoms with Crippen molar-refractivity contribution in [1.29, 1.82) is 0 Å². The average Bonchev–Trinajstić information content (AvgIpc) is 2.68. The van der Waals surface area contributed by atoms with Gasteiger partial charge in [-0.05, 0) is 6.07 Å². The number of amides is 2. The fourth-order valence-electron chi connectivity index (χ4n) is 1.07. The second kappa shape index (κ2) is 5.94. The van der Waals surface area contributed by atoms with Crippen LogP contribution in [0.1, 0.15) is 5.69 Å². The van der Waals surface area contributed by atoms with Crippen molar-refractivity contribution in [1.82, 2.24) is 20.4 Å². The number of carbonyl (C=O) groups is 2. The van der Waals surface area contributed by atoms with Crippen LogP contribution in [0, 0.1) is 0 Å². The van der Waals surface area contributed by atoms with Crippen molar-refractivity contribution in [3.8, 4) is 0 Å². The summed E-state index contributed by atoms with van der Waals surface area (Å²) >= 11 is 4.57. The lowest BCUT2D eigenvalue weighted by atomic mass is 10.4. The Hall–Kier alpha value is -1.96. The Bertz CT molecular complexity index is 442. The first kappa shape index (κ1) is 13.1. The number of nitrogens with one attached hydrogen (secondary N) is 2. The second-order valence-electron chi connectivity index (χ2n) is 3.28. The Morgan fingerprint density at radius 2 is 2.12 bits per heavy atom. The summed E-state index contributed by atoms with van der Waals surface area (Å²) in [5, 5.41) is 8.67. The average molecular weight is 255 g/mol. The van der Waals surface area contributed by atoms with Crippen molar-refractivity contribution in [2.24, 2.45) is 12.8 Å². The molecule has 0 radical (unpaired) electrons. The summed E-state index contributed by atoms with van der Waals surface area (Å²) in [6.45, 7) is 0.239. The number of aromatic nitrogens is 2. The largest absolute Gasteiger partial charge is 0.392 e. The van der Waals surface area contributed by atoms with Crippen LogP contribution in [-0.2, 0) is 23.2 Å². The van der Waals surface area contributed by atoms with Crippen LogP contribution < -0.4 is 16.4 Å². The van der Waals surface area contributed by atoms with Crippen molar-refractivity contribution in [3.05, 3.63) is 18.0 Å². The van der Waals surface area contributed by atoms with E-state index in [0.717, 1.165) is 5.69 Å². The predicted molar refractivity (Wildman–Crippen MR) is 64.8 cm³/mol. The molecule has 0 saturated heterocycles. The van der Waals surface area contributed by atoms with Crippen LogP contribution in [0.4, 0.5) is 0 Å². The normalized spacial score (nSPS) is 9.71. The van der Waals surface area contributed by atoms with E-state index in [9.17, 15) is 9.59 Å². The molecule has 0 aliphatic heterocycles. The first-order chi connectivity index (χ1) is 8.00. The highest BCUT2D eigenvalue weighted by atomic mass is 32.1. The molecule has 8 heteroatoms. The zero-order valence-electron chi connectivity index (χ0n) is 9.27. The van der Waals surface area contributed by atoms with Gasteiger partial charge in [0.25, 0.3) is 0 Å². The van der Waals surface area contributed by atoms with Crippen molar-refractivity contribution >= 4 is 29.0 Å². The van der Waals surface area contributed by atoms with E-state index < -0.39 is 11.8 Å². The smallest absolute Gasteiger partial charge is 0.309 e. The van der Waals surface area contributed by atoms with E-state index in [1.165, 1.54) is 0 Å². The van der Waals surface area contributed by atoms with E-state index in [2.05, 4.69) is 28.0 Å². The molecule has 0 saturated carbocycles. The molecule has 0 fully saturated rings. The molecule has 0 aliphatic rings. The Morgan fingerprint density at radius 1 is 1.47 bits per heavy atom. The van der Waals surface area contributed by atoms with Gasteiger partial charge >= 0.3 is 11.8 Å². The number of carbonyl (C=O) groups excluding carboxylic acids is 2. The molecule has 0 unspecified atom stereocenters. The highest BCUT2D eigenvalue weighted by molar-refractivity contribution is 7.80. The van der Waals surface area contributed by atoms with Gasteiger partial charge in [-0.1, -0.05) is 12.2 Å². The minimum absolute atomic E-state index is 0.00724. The number of rotatable bonds is 4. The van der Waals surface area contributed by atoms with Crippen LogP contribution in [0.5, 0.6) is 0 Å². The molecule has 0 aliphatic carbocycles. The first-order valence-electron chi connectivity index (χ1n) is 4.82. The van der Waals surface area contributed by atoms with Gasteiger partial charge < -0.3 is 16.4 Å². The zero-order chi connectivity index (χ0) is 12.8. The molecule has 92 valence electrons. The van der Waals surface area contributed by atoms with Gasteiger partial charge in [-0.15, -0.1) is 0 Å². The molecule has 0 bridgehead atoms. The van der Waals surface area contributed by atoms with Gasteiger partial charge in [-0.2, -0.15) is 5.10 Å². The Kier molecular flexibility index (Phi) is 4.58. The fraction of sp³-hybridized carbons (Fsp3) is 0.333. The fourth-order valence-corrected chi connectivity index (χ4v) is 1.15. The van der Waals surface area contributed by atoms with Gasteiger partial charge in [0.15, 0.2) is 0 Å². The molecule has 2 amide bonds. The number of thiocarbonyl (C=S) groups is 1. The van der Waals surface area contributed by atoms with E-state index in [1.54, 1.807) is 24.0 Å². The predicted octanol–water partition coefficient (Wildman–Crippen LogP) is -1.56. The lowest BCUT2D eigenvalue weighted by Gasteiger charge is -2.05. The third kappa shape index (κ3) is 4.19. The van der Waals surface area contributed by atoms with Crippen molar-refractivity contribution in [2.75, 3.05) is 6.54 Å². The van der Waals surface area contributed by atoms with E-state index >= 15 is 0 Å². The Labute approximate surface area is 103 Å². The van der Waals surface area contributed by atoms with Crippen LogP contribution in [0.15, 0.2) is 12.3 Å². The molecule has 1 aromatic rings. The molecule has 4 N–H and O–H groups in total. The number of hydrogen-bond donors (Lipinski definition) is 3. The standard InChI is InChI=1S/C9H13N5O2S/c1-14-6(2-3-13-14)4-11-8(15)9(16)12-5-7(10)17/h2-3H,4-5H2,1H3,(H2,10,17)(H,11,15)(H,12,16). The Balaban J connectivity index is 2.37. The molecule has 0 atom stereocenters. The Morgan fingerprint density at radius 3 is 2.65 bits per heavy atom. The number of hydrogen-bond acceptors (Lipinski definition) is 4. The lowest BCUT2D eigenvalue weighted by Crippen LogP contribution is -2.42. The van der Waals surface area contributed by atoms with Crippen molar-refractivity contribution in [3.63, 3.8) is 0 Å². The van der Waals surface area contributed by atoms with Gasteiger partial charge in [0.05, 0.1) is 23.8 Å². The summed E-state index contributed by atoms with van der Waals surface area (Å²) in [5.41, 5.74) is 5.98. The van der Waals surface area contributed by atoms with E-state index in [0.29, 0.717) is 0 Å². The van der Waals surface area contributed by atoms with Crippen LogP contribution in [0.25, 0.3) is 0 Å². The molecule has 1 aromatic heterocycles. The summed E-state index contributed by atoms with van der Waals surface area (Å²) in [5.74, 6) is -1.50. The summed E-state index contributed by atoms with van der Waals surface area (Å²) in [4.78, 5) is 22.7. The molecule has 0 aromatic carbocycles. The zero-order valence-corrected chi connectivity index (χ0v) is 10.1. The minimum Gasteiger partial charge on any atom is -0.392 e. The third-order valence-corrected chi connectivity index (χ3v) is 2.13. The van der Waals surface area contributed by atoms with Crippen molar-refractivity contribution < 1.29 is 9.59 Å². The SMILES string of the molecule is Cn1nccc1CNC(=O)C(=O)NCC(N)=S. The molecule has 1 heterocycles. The highest BCUT2D eigenvalue weighted by Gasteiger charge is 2.13. The third-order valence-electron chi connectivity index (χ3n) is 1.98. The molecule has 17 heavy (non-hydrogen) atoms. The van der Waals surface area contributed by atoms with Crippen LogP contribution in [0.2, 0.25) is 0 Å². The van der Waals surface area contributed by atoms with Crippen molar-refractivity contribution in [2.45, 2.75) is 6.54 Å². The van der Waals surface area contributed by atoms with E-state index in [-0.39, 0.29) is 18.1 Å². The van der Waals surface area contributed by atoms with Gasteiger partial charge in [0.2, 0.25) is 0 Å². The number of nitrogens with zero attached hydrogens (tertiary/aromatic N) is 2. The highest BCUT2D eigenvalue weighted by Crippen LogP contribution is 1.94. The maximum atomic E-state index is 11.3. The van der Waals surface area contributed by atoms with E-state index in [1.807, 2.05) is 0 Å². The van der Waals surface area contributed by atoms with Crippen LogP contribution >= 0.6 is 12.2 Å². The first-order valence-corrected chi connectivity index (χ1v) is 5.22. The summed E-state index contributed by atoms with van der Waals surface area (Å²) in [6.07, 6.45) is 1.61. The second-order valence-corrected chi connectivity index (χ2v) is 3.80. The van der Waals surface area contributed by atoms with Gasteiger partial charge in [0.1, 0.15) is 0 Å². The van der Waals surface area contributed by atoms with Crippen LogP contribution in [-0.4, -0.2) is 33.1 Å². The van der Waals surface area contributed by atoms with E-state index in [4.69, 9.17) is 5.73 Å². The lowest BCUT2D eigenvalue weighted by molar-refractivity contribution is -0.139. The van der Waals surface area contributed by atoms with Crippen LogP contribution in [0.3, 0.4) is 0 Å². The summed E-state index contributed by atoms with van der Waals surface area (Å²) in [7, 11) is 1.74. The molecule has 7 nitrogen and oxygen atoms in total. The maximum absolute atomic E-state index is 11.3. The topological polar surface area (TPSA) is 102 Å². The van der Waals surface area contributed by atoms with Gasteiger partial charge in [0, 0.05) is 13.2 Å². The molecule has 0 spiro atoms. The quantitative estimate of drug-likeness (QED) is 0.446. The monoisotopic (exact) mass is 255 g/mol. The van der Waals surface area contributed by atoms with Gasteiger partial charge in [-0.25, -0.2) is 0 Å². The summed E-state index contributed by atoms with van der Waals surface area (Å²) in [6, 6.07) is 1.74.